The summed E-state index contributed by atoms with van der Waals surface area (Å²) in [6.07, 6.45) is 3.45. The van der Waals surface area contributed by atoms with Gasteiger partial charge in [0.1, 0.15) is 6.61 Å². The number of ether oxygens (including phenoxy) is 1. The van der Waals surface area contributed by atoms with Crippen molar-refractivity contribution >= 4 is 17.4 Å². The van der Waals surface area contributed by atoms with Crippen LogP contribution in [-0.4, -0.2) is 23.0 Å². The quantitative estimate of drug-likeness (QED) is 0.814. The fourth-order valence-corrected chi connectivity index (χ4v) is 1.29. The van der Waals surface area contributed by atoms with Gasteiger partial charge in [-0.1, -0.05) is 11.6 Å². The summed E-state index contributed by atoms with van der Waals surface area (Å²) in [5, 5.41) is 0.520. The van der Waals surface area contributed by atoms with Crippen LogP contribution in [0.25, 0.3) is 0 Å². The van der Waals surface area contributed by atoms with Crippen molar-refractivity contribution < 1.29 is 9.53 Å². The zero-order chi connectivity index (χ0) is 12.2. The molecule has 0 unspecified atom stereocenters. The molecule has 0 saturated carbocycles. The third kappa shape index (κ3) is 4.73. The van der Waals surface area contributed by atoms with Crippen molar-refractivity contribution in [2.24, 2.45) is 0 Å². The molecule has 16 heavy (non-hydrogen) atoms. The van der Waals surface area contributed by atoms with Gasteiger partial charge in [-0.15, -0.1) is 0 Å². The smallest absolute Gasteiger partial charge is 0.162 e. The van der Waals surface area contributed by atoms with Crippen molar-refractivity contribution in [1.29, 1.82) is 0 Å². The maximum absolute atomic E-state index is 11.6. The second kappa shape index (κ2) is 5.41. The van der Waals surface area contributed by atoms with Crippen molar-refractivity contribution in [3.63, 3.8) is 0 Å². The van der Waals surface area contributed by atoms with E-state index in [1.807, 2.05) is 20.8 Å². The summed E-state index contributed by atoms with van der Waals surface area (Å²) in [7, 11) is 0. The number of nitrogens with zero attached hydrogens (tertiary/aromatic N) is 1. The molecule has 0 aliphatic rings. The molecule has 0 fully saturated rings. The highest BCUT2D eigenvalue weighted by molar-refractivity contribution is 6.31. The molecule has 1 rings (SSSR count). The van der Waals surface area contributed by atoms with Gasteiger partial charge in [-0.05, 0) is 32.4 Å². The van der Waals surface area contributed by atoms with Gasteiger partial charge in [-0.3, -0.25) is 9.78 Å². The normalized spacial score (nSPS) is 11.5. The number of pyridine rings is 1. The summed E-state index contributed by atoms with van der Waals surface area (Å²) in [6, 6.07) is 1.75. The Morgan fingerprint density at radius 1 is 1.50 bits per heavy atom. The van der Waals surface area contributed by atoms with Crippen LogP contribution < -0.4 is 0 Å². The first kappa shape index (κ1) is 13.1. The fourth-order valence-electron chi connectivity index (χ4n) is 1.11. The molecular weight excluding hydrogens is 226 g/mol. The Kier molecular flexibility index (Phi) is 4.44. The monoisotopic (exact) mass is 241 g/mol. The Hall–Kier alpha value is -0.930. The molecular formula is C12H16ClNO2. The summed E-state index contributed by atoms with van der Waals surface area (Å²) in [4.78, 5) is 15.5. The Balaban J connectivity index is 2.50. The van der Waals surface area contributed by atoms with Crippen molar-refractivity contribution in [3.8, 4) is 0 Å². The minimum Gasteiger partial charge on any atom is -0.368 e. The summed E-state index contributed by atoms with van der Waals surface area (Å²) >= 11 is 5.90. The van der Waals surface area contributed by atoms with E-state index in [2.05, 4.69) is 4.98 Å². The number of halogens is 1. The number of ketones is 1. The second-order valence-corrected chi connectivity index (χ2v) is 4.99. The number of hydrogen-bond donors (Lipinski definition) is 0. The van der Waals surface area contributed by atoms with Crippen LogP contribution in [0.3, 0.4) is 0 Å². The Morgan fingerprint density at radius 2 is 2.19 bits per heavy atom. The predicted octanol–water partition coefficient (Wildman–Crippen LogP) is 2.66. The molecule has 0 aliphatic heterocycles. The molecule has 3 nitrogen and oxygen atoms in total. The summed E-state index contributed by atoms with van der Waals surface area (Å²) in [6.45, 7) is 5.86. The molecule has 0 aliphatic carbocycles. The minimum absolute atomic E-state index is 0.0167. The molecule has 0 spiro atoms. The topological polar surface area (TPSA) is 39.2 Å². The average molecular weight is 242 g/mol. The second-order valence-electron chi connectivity index (χ2n) is 4.58. The highest BCUT2D eigenvalue weighted by Gasteiger charge is 2.14. The average Bonchev–Trinajstić information content (AvgIpc) is 2.18. The van der Waals surface area contributed by atoms with E-state index in [0.717, 1.165) is 5.56 Å². The van der Waals surface area contributed by atoms with Crippen LogP contribution in [0.2, 0.25) is 5.02 Å². The van der Waals surface area contributed by atoms with E-state index >= 15 is 0 Å². The summed E-state index contributed by atoms with van der Waals surface area (Å²) in [5.41, 5.74) is 0.497. The molecule has 4 heteroatoms. The summed E-state index contributed by atoms with van der Waals surface area (Å²) < 4.78 is 5.39. The molecule has 88 valence electrons. The first-order valence-electron chi connectivity index (χ1n) is 5.12. The highest BCUT2D eigenvalue weighted by Crippen LogP contribution is 2.14. The van der Waals surface area contributed by atoms with Gasteiger partial charge in [0.05, 0.1) is 10.6 Å². The Labute approximate surface area is 101 Å². The molecule has 1 aromatic rings. The van der Waals surface area contributed by atoms with Gasteiger partial charge >= 0.3 is 0 Å². The molecule has 0 amide bonds. The maximum atomic E-state index is 11.6. The van der Waals surface area contributed by atoms with E-state index < -0.39 is 0 Å². The first-order chi connectivity index (χ1) is 7.38. The van der Waals surface area contributed by atoms with Crippen molar-refractivity contribution in [2.45, 2.75) is 32.8 Å². The number of carbonyl (C=O) groups is 1. The van der Waals surface area contributed by atoms with Gasteiger partial charge in [-0.2, -0.15) is 0 Å². The number of hydrogen-bond acceptors (Lipinski definition) is 3. The van der Waals surface area contributed by atoms with E-state index in [1.165, 1.54) is 6.20 Å². The lowest BCUT2D eigenvalue weighted by molar-refractivity contribution is -0.127. The largest absolute Gasteiger partial charge is 0.368 e. The SMILES string of the molecule is CC(C)(C)OCC(=O)Cc1ccncc1Cl. The lowest BCUT2D eigenvalue weighted by Crippen LogP contribution is -2.24. The van der Waals surface area contributed by atoms with Gasteiger partial charge in [0.15, 0.2) is 5.78 Å². The fraction of sp³-hybridized carbons (Fsp3) is 0.500. The van der Waals surface area contributed by atoms with E-state index in [1.54, 1.807) is 12.3 Å². The number of Topliss-reactive ketones (excluding diaryl/α,β-unsaturated/α-hetero) is 1. The summed E-state index contributed by atoms with van der Waals surface area (Å²) in [5.74, 6) is 0.0167. The molecule has 0 radical (unpaired) electrons. The molecule has 0 atom stereocenters. The lowest BCUT2D eigenvalue weighted by atomic mass is 10.1. The standard InChI is InChI=1S/C12H16ClNO2/c1-12(2,3)16-8-10(15)6-9-4-5-14-7-11(9)13/h4-5,7H,6,8H2,1-3H3. The third-order valence-corrected chi connectivity index (χ3v) is 2.25. The number of rotatable bonds is 4. The van der Waals surface area contributed by atoms with E-state index in [4.69, 9.17) is 16.3 Å². The molecule has 1 aromatic heterocycles. The number of carbonyl (C=O) groups excluding carboxylic acids is 1. The van der Waals surface area contributed by atoms with Crippen molar-refractivity contribution in [3.05, 3.63) is 29.0 Å². The third-order valence-electron chi connectivity index (χ3n) is 1.91. The predicted molar refractivity (Wildman–Crippen MR) is 63.7 cm³/mol. The molecule has 0 saturated heterocycles. The van der Waals surface area contributed by atoms with Crippen LogP contribution in [0.5, 0.6) is 0 Å². The van der Waals surface area contributed by atoms with E-state index in [-0.39, 0.29) is 24.4 Å². The van der Waals surface area contributed by atoms with Gasteiger partial charge in [0.2, 0.25) is 0 Å². The van der Waals surface area contributed by atoms with Gasteiger partial charge in [0.25, 0.3) is 0 Å². The molecule has 0 aromatic carbocycles. The molecule has 1 heterocycles. The van der Waals surface area contributed by atoms with Gasteiger partial charge < -0.3 is 4.74 Å². The minimum atomic E-state index is -0.294. The van der Waals surface area contributed by atoms with E-state index in [0.29, 0.717) is 5.02 Å². The van der Waals surface area contributed by atoms with Gasteiger partial charge in [-0.25, -0.2) is 0 Å². The Morgan fingerprint density at radius 3 is 2.75 bits per heavy atom. The van der Waals surface area contributed by atoms with E-state index in [9.17, 15) is 4.79 Å². The van der Waals surface area contributed by atoms with Crippen LogP contribution in [0.1, 0.15) is 26.3 Å². The molecule has 0 bridgehead atoms. The lowest BCUT2D eigenvalue weighted by Gasteiger charge is -2.18. The first-order valence-corrected chi connectivity index (χ1v) is 5.50. The van der Waals surface area contributed by atoms with Crippen LogP contribution in [0, 0.1) is 0 Å². The molecule has 0 N–H and O–H groups in total. The zero-order valence-corrected chi connectivity index (χ0v) is 10.5. The van der Waals surface area contributed by atoms with Crippen LogP contribution in [0.4, 0.5) is 0 Å². The maximum Gasteiger partial charge on any atom is 0.162 e. The highest BCUT2D eigenvalue weighted by atomic mass is 35.5. The van der Waals surface area contributed by atoms with Crippen LogP contribution >= 0.6 is 11.6 Å². The van der Waals surface area contributed by atoms with Crippen molar-refractivity contribution in [2.75, 3.05) is 6.61 Å². The van der Waals surface area contributed by atoms with Gasteiger partial charge in [0, 0.05) is 18.8 Å². The number of aromatic nitrogens is 1. The van der Waals surface area contributed by atoms with Crippen LogP contribution in [-0.2, 0) is 16.0 Å². The zero-order valence-electron chi connectivity index (χ0n) is 9.79. The Bertz CT molecular complexity index is 372. The van der Waals surface area contributed by atoms with Crippen LogP contribution in [0.15, 0.2) is 18.5 Å². The van der Waals surface area contributed by atoms with Crippen molar-refractivity contribution in [1.82, 2.24) is 4.98 Å².